The highest BCUT2D eigenvalue weighted by Gasteiger charge is 2.18. The highest BCUT2D eigenvalue weighted by molar-refractivity contribution is 5.94. The highest BCUT2D eigenvalue weighted by atomic mass is 16.5. The van der Waals surface area contributed by atoms with Gasteiger partial charge in [0.05, 0.1) is 25.5 Å². The van der Waals surface area contributed by atoms with E-state index in [-0.39, 0.29) is 5.56 Å². The normalized spacial score (nSPS) is 11.0. The molecule has 164 valence electrons. The molecule has 0 saturated carbocycles. The Hall–Kier alpha value is -4.39. The van der Waals surface area contributed by atoms with Crippen LogP contribution in [0.5, 0.6) is 11.5 Å². The van der Waals surface area contributed by atoms with Gasteiger partial charge in [-0.05, 0) is 30.7 Å². The molecule has 0 N–H and O–H groups in total. The number of ether oxygens (including phenoxy) is 2. The lowest BCUT2D eigenvalue weighted by atomic mass is 10.1. The number of methoxy groups -OCH3 is 2. The van der Waals surface area contributed by atoms with Crippen molar-refractivity contribution in [3.05, 3.63) is 88.8 Å². The van der Waals surface area contributed by atoms with E-state index in [2.05, 4.69) is 10.1 Å². The maximum absolute atomic E-state index is 13.4. The van der Waals surface area contributed by atoms with Crippen molar-refractivity contribution < 1.29 is 14.0 Å². The highest BCUT2D eigenvalue weighted by Crippen LogP contribution is 2.32. The molecule has 0 aliphatic heterocycles. The van der Waals surface area contributed by atoms with E-state index < -0.39 is 0 Å². The molecular weight excluding hydrogens is 418 g/mol. The third-order valence-corrected chi connectivity index (χ3v) is 5.61. The lowest BCUT2D eigenvalue weighted by Crippen LogP contribution is -2.18. The molecule has 2 aromatic heterocycles. The summed E-state index contributed by atoms with van der Waals surface area (Å²) in [6, 6.07) is 20.5. The quantitative estimate of drug-likeness (QED) is 0.382. The van der Waals surface area contributed by atoms with Crippen LogP contribution in [-0.2, 0) is 0 Å². The lowest BCUT2D eigenvalue weighted by Gasteiger charge is -2.13. The molecule has 0 fully saturated rings. The summed E-state index contributed by atoms with van der Waals surface area (Å²) in [4.78, 5) is 18.0. The average Bonchev–Trinajstić information content (AvgIpc) is 3.34. The molecular formula is C26H21N3O4. The first-order valence-electron chi connectivity index (χ1n) is 10.4. The molecule has 0 bridgehead atoms. The van der Waals surface area contributed by atoms with Crippen LogP contribution in [0.1, 0.15) is 5.56 Å². The molecule has 0 atom stereocenters. The first-order valence-corrected chi connectivity index (χ1v) is 10.4. The molecule has 2 heterocycles. The predicted molar refractivity (Wildman–Crippen MR) is 126 cm³/mol. The topological polar surface area (TPSA) is 79.4 Å². The van der Waals surface area contributed by atoms with E-state index in [4.69, 9.17) is 14.0 Å². The van der Waals surface area contributed by atoms with E-state index in [0.29, 0.717) is 39.9 Å². The van der Waals surface area contributed by atoms with Gasteiger partial charge < -0.3 is 14.0 Å². The molecule has 0 aliphatic carbocycles. The summed E-state index contributed by atoms with van der Waals surface area (Å²) in [5, 5.41) is 5.47. The summed E-state index contributed by atoms with van der Waals surface area (Å²) in [6.07, 6.45) is 1.72. The molecule has 7 nitrogen and oxygen atoms in total. The molecule has 0 aliphatic rings. The molecule has 5 aromatic rings. The number of nitrogens with zero attached hydrogens (tertiary/aromatic N) is 3. The Morgan fingerprint density at radius 1 is 0.848 bits per heavy atom. The summed E-state index contributed by atoms with van der Waals surface area (Å²) in [6.45, 7) is 2.00. The van der Waals surface area contributed by atoms with Gasteiger partial charge in [0.25, 0.3) is 11.4 Å². The van der Waals surface area contributed by atoms with Crippen LogP contribution in [0.25, 0.3) is 39.3 Å². The summed E-state index contributed by atoms with van der Waals surface area (Å²) < 4.78 is 18.0. The smallest absolute Gasteiger partial charge is 0.262 e. The Kier molecular flexibility index (Phi) is 5.14. The minimum absolute atomic E-state index is 0.166. The van der Waals surface area contributed by atoms with Crippen LogP contribution in [-0.4, -0.2) is 28.9 Å². The molecule has 0 amide bonds. The van der Waals surface area contributed by atoms with Gasteiger partial charge in [0.2, 0.25) is 5.82 Å². The van der Waals surface area contributed by atoms with Crippen LogP contribution in [0.2, 0.25) is 0 Å². The van der Waals surface area contributed by atoms with Gasteiger partial charge in [-0.15, -0.1) is 0 Å². The van der Waals surface area contributed by atoms with Gasteiger partial charge in [0.1, 0.15) is 0 Å². The van der Waals surface area contributed by atoms with Crippen LogP contribution in [0.4, 0.5) is 0 Å². The summed E-state index contributed by atoms with van der Waals surface area (Å²) in [5.41, 5.74) is 3.06. The van der Waals surface area contributed by atoms with Gasteiger partial charge in [0, 0.05) is 28.6 Å². The number of hydrogen-bond donors (Lipinski definition) is 0. The summed E-state index contributed by atoms with van der Waals surface area (Å²) >= 11 is 0. The van der Waals surface area contributed by atoms with Crippen molar-refractivity contribution in [3.63, 3.8) is 0 Å². The lowest BCUT2D eigenvalue weighted by molar-refractivity contribution is 0.355. The van der Waals surface area contributed by atoms with Gasteiger partial charge in [-0.25, -0.2) is 0 Å². The zero-order valence-corrected chi connectivity index (χ0v) is 18.4. The van der Waals surface area contributed by atoms with Crippen molar-refractivity contribution in [2.45, 2.75) is 6.92 Å². The first-order chi connectivity index (χ1) is 16.1. The van der Waals surface area contributed by atoms with Gasteiger partial charge in [-0.2, -0.15) is 4.98 Å². The molecule has 5 rings (SSSR count). The molecule has 7 heteroatoms. The van der Waals surface area contributed by atoms with Gasteiger partial charge >= 0.3 is 0 Å². The van der Waals surface area contributed by atoms with E-state index >= 15 is 0 Å². The summed E-state index contributed by atoms with van der Waals surface area (Å²) in [7, 11) is 3.13. The number of aryl methyl sites for hydroxylation is 1. The number of rotatable bonds is 5. The van der Waals surface area contributed by atoms with Crippen LogP contribution < -0.4 is 15.0 Å². The average molecular weight is 439 g/mol. The Labute approximate surface area is 189 Å². The third kappa shape index (κ3) is 3.53. The minimum Gasteiger partial charge on any atom is -0.493 e. The molecule has 0 unspecified atom stereocenters. The molecule has 3 aromatic carbocycles. The van der Waals surface area contributed by atoms with Crippen molar-refractivity contribution >= 4 is 10.8 Å². The van der Waals surface area contributed by atoms with Crippen LogP contribution in [0.3, 0.4) is 0 Å². The van der Waals surface area contributed by atoms with Crippen molar-refractivity contribution in [1.29, 1.82) is 0 Å². The third-order valence-electron chi connectivity index (χ3n) is 5.61. The molecule has 0 spiro atoms. The van der Waals surface area contributed by atoms with Gasteiger partial charge in [-0.3, -0.25) is 9.36 Å². The largest absolute Gasteiger partial charge is 0.493 e. The molecule has 0 radical (unpaired) electrons. The Bertz CT molecular complexity index is 1530. The van der Waals surface area contributed by atoms with E-state index in [1.54, 1.807) is 49.2 Å². The predicted octanol–water partition coefficient (Wildman–Crippen LogP) is 5.03. The Morgan fingerprint density at radius 3 is 2.33 bits per heavy atom. The second-order valence-corrected chi connectivity index (χ2v) is 7.54. The fraction of sp³-hybridized carbons (Fsp3) is 0.115. The van der Waals surface area contributed by atoms with Crippen LogP contribution in [0, 0.1) is 6.92 Å². The standard InChI is InChI=1S/C26H21N3O4/c1-16-8-4-5-9-18(16)24-27-25(33-28-24)21-15-29(26(30)20-11-7-6-10-19(20)21)17-12-13-22(31-2)23(14-17)32-3/h4-15H,1-3H3. The number of benzene rings is 3. The first kappa shape index (κ1) is 20.5. The number of aromatic nitrogens is 3. The number of fused-ring (bicyclic) bond motifs is 1. The van der Waals surface area contributed by atoms with Crippen molar-refractivity contribution in [1.82, 2.24) is 14.7 Å². The second kappa shape index (κ2) is 8.27. The number of hydrogen-bond acceptors (Lipinski definition) is 6. The van der Waals surface area contributed by atoms with E-state index in [1.807, 2.05) is 49.4 Å². The van der Waals surface area contributed by atoms with Crippen molar-refractivity contribution in [2.75, 3.05) is 14.2 Å². The SMILES string of the molecule is COc1ccc(-n2cc(-c3nc(-c4ccccc4C)no3)c3ccccc3c2=O)cc1OC. The minimum atomic E-state index is -0.166. The fourth-order valence-corrected chi connectivity index (χ4v) is 3.89. The maximum atomic E-state index is 13.4. The van der Waals surface area contributed by atoms with Gasteiger partial charge in [-0.1, -0.05) is 47.6 Å². The Morgan fingerprint density at radius 2 is 1.58 bits per heavy atom. The van der Waals surface area contributed by atoms with E-state index in [9.17, 15) is 4.79 Å². The molecule has 0 saturated heterocycles. The zero-order chi connectivity index (χ0) is 22.9. The monoisotopic (exact) mass is 439 g/mol. The van der Waals surface area contributed by atoms with Crippen LogP contribution >= 0.6 is 0 Å². The zero-order valence-electron chi connectivity index (χ0n) is 18.4. The van der Waals surface area contributed by atoms with E-state index in [0.717, 1.165) is 16.5 Å². The van der Waals surface area contributed by atoms with Gasteiger partial charge in [0.15, 0.2) is 11.5 Å². The summed E-state index contributed by atoms with van der Waals surface area (Å²) in [5.74, 6) is 1.93. The van der Waals surface area contributed by atoms with E-state index in [1.165, 1.54) is 0 Å². The van der Waals surface area contributed by atoms with Crippen LogP contribution in [0.15, 0.2) is 82.2 Å². The van der Waals surface area contributed by atoms with Crippen molar-refractivity contribution in [3.8, 4) is 40.0 Å². The maximum Gasteiger partial charge on any atom is 0.262 e. The number of pyridine rings is 1. The second-order valence-electron chi connectivity index (χ2n) is 7.54. The Balaban J connectivity index is 1.72. The molecule has 33 heavy (non-hydrogen) atoms. The fourth-order valence-electron chi connectivity index (χ4n) is 3.89. The van der Waals surface area contributed by atoms with Crippen molar-refractivity contribution in [2.24, 2.45) is 0 Å².